The summed E-state index contributed by atoms with van der Waals surface area (Å²) in [4.78, 5) is 21.2. The van der Waals surface area contributed by atoms with E-state index in [0.717, 1.165) is 55.6 Å². The van der Waals surface area contributed by atoms with Crippen LogP contribution in [0.25, 0.3) is 21.9 Å². The highest BCUT2D eigenvalue weighted by atomic mass is 19.1. The number of pyridine rings is 1. The molecule has 0 unspecified atom stereocenters. The Bertz CT molecular complexity index is 1550. The first-order chi connectivity index (χ1) is 17.9. The second-order valence-electron chi connectivity index (χ2n) is 11.2. The molecule has 1 saturated carbocycles. The van der Waals surface area contributed by atoms with Crippen molar-refractivity contribution in [2.24, 2.45) is 11.3 Å². The third-order valence-corrected chi connectivity index (χ3v) is 8.97. The second kappa shape index (κ2) is 7.79. The van der Waals surface area contributed by atoms with Crippen molar-refractivity contribution in [2.45, 2.75) is 31.6 Å². The Labute approximate surface area is 214 Å². The SMILES string of the molecule is C=CC(=O)N1CC2(CCN(c3nc4c(c(-c5cc(O)c(F)c6ccccc56)c3C#N)CC[C@H]3C[C@H]43)C2)C1. The lowest BCUT2D eigenvalue weighted by atomic mass is 9.79. The number of carbonyl (C=O) groups excluding carboxylic acids is 1. The van der Waals surface area contributed by atoms with Crippen molar-refractivity contribution in [3.05, 3.63) is 65.6 Å². The summed E-state index contributed by atoms with van der Waals surface area (Å²) in [5, 5.41) is 22.1. The smallest absolute Gasteiger partial charge is 0.245 e. The van der Waals surface area contributed by atoms with Crippen molar-refractivity contribution in [3.63, 3.8) is 0 Å². The predicted octanol–water partition coefficient (Wildman–Crippen LogP) is 4.89. The van der Waals surface area contributed by atoms with Crippen molar-refractivity contribution in [1.29, 1.82) is 5.26 Å². The lowest BCUT2D eigenvalue weighted by molar-refractivity contribution is -0.136. The molecule has 3 fully saturated rings. The molecule has 7 rings (SSSR count). The van der Waals surface area contributed by atoms with Gasteiger partial charge in [-0.2, -0.15) is 5.26 Å². The monoisotopic (exact) mass is 494 g/mol. The zero-order valence-corrected chi connectivity index (χ0v) is 20.5. The van der Waals surface area contributed by atoms with Gasteiger partial charge < -0.3 is 14.9 Å². The van der Waals surface area contributed by atoms with E-state index in [0.29, 0.717) is 52.6 Å². The number of aromatic hydroxyl groups is 1. The summed E-state index contributed by atoms with van der Waals surface area (Å²) in [6, 6.07) is 11.1. The average molecular weight is 495 g/mol. The van der Waals surface area contributed by atoms with Crippen LogP contribution >= 0.6 is 0 Å². The van der Waals surface area contributed by atoms with Crippen LogP contribution in [0.4, 0.5) is 10.2 Å². The number of aromatic nitrogens is 1. The van der Waals surface area contributed by atoms with Gasteiger partial charge in [0.1, 0.15) is 17.5 Å². The highest BCUT2D eigenvalue weighted by Gasteiger charge is 2.50. The molecular weight excluding hydrogens is 467 g/mol. The van der Waals surface area contributed by atoms with Crippen LogP contribution in [0.15, 0.2) is 43.0 Å². The summed E-state index contributed by atoms with van der Waals surface area (Å²) >= 11 is 0. The zero-order chi connectivity index (χ0) is 25.5. The van der Waals surface area contributed by atoms with Crippen LogP contribution < -0.4 is 4.90 Å². The molecule has 7 heteroatoms. The van der Waals surface area contributed by atoms with E-state index < -0.39 is 11.6 Å². The van der Waals surface area contributed by atoms with Gasteiger partial charge in [-0.1, -0.05) is 30.8 Å². The number of amides is 1. The van der Waals surface area contributed by atoms with Crippen molar-refractivity contribution in [1.82, 2.24) is 9.88 Å². The second-order valence-corrected chi connectivity index (χ2v) is 11.2. The van der Waals surface area contributed by atoms with Gasteiger partial charge in [-0.15, -0.1) is 0 Å². The Morgan fingerprint density at radius 1 is 1.27 bits per heavy atom. The van der Waals surface area contributed by atoms with Crippen molar-refractivity contribution in [2.75, 3.05) is 31.1 Å². The number of nitriles is 1. The summed E-state index contributed by atoms with van der Waals surface area (Å²) in [6.45, 7) is 6.47. The quantitative estimate of drug-likeness (QED) is 0.525. The number of carbonyl (C=O) groups is 1. The van der Waals surface area contributed by atoms with Crippen molar-refractivity contribution < 1.29 is 14.3 Å². The number of rotatable bonds is 3. The number of phenolic OH excluding ortho intramolecular Hbond substituents is 1. The predicted molar refractivity (Wildman–Crippen MR) is 139 cm³/mol. The Morgan fingerprint density at radius 2 is 2.05 bits per heavy atom. The van der Waals surface area contributed by atoms with Crippen LogP contribution in [0, 0.1) is 28.5 Å². The number of hydrogen-bond donors (Lipinski definition) is 1. The van der Waals surface area contributed by atoms with Crippen LogP contribution in [0.5, 0.6) is 5.75 Å². The fourth-order valence-electron chi connectivity index (χ4n) is 7.01. The minimum Gasteiger partial charge on any atom is -0.505 e. The number of likely N-dealkylation sites (tertiary alicyclic amines) is 1. The van der Waals surface area contributed by atoms with Gasteiger partial charge in [0.05, 0.1) is 5.69 Å². The largest absolute Gasteiger partial charge is 0.505 e. The summed E-state index contributed by atoms with van der Waals surface area (Å²) in [7, 11) is 0. The summed E-state index contributed by atoms with van der Waals surface area (Å²) in [6.07, 6.45) is 5.28. The Morgan fingerprint density at radius 3 is 2.81 bits per heavy atom. The molecule has 2 aliphatic carbocycles. The van der Waals surface area contributed by atoms with E-state index in [4.69, 9.17) is 4.98 Å². The van der Waals surface area contributed by atoms with Gasteiger partial charge in [0, 0.05) is 48.5 Å². The standard InChI is InChI=1S/C30H27FN4O2/c1-2-25(37)35-15-30(16-35)9-10-34(14-30)29-23(13-32)26(20-8-7-17-11-21(17)28(20)33-29)22-12-24(36)27(31)19-6-4-3-5-18(19)22/h2-6,12,17,21,36H,1,7-11,14-16H2/t17-,21-/m0/s1. The fraction of sp³-hybridized carbons (Fsp3) is 0.367. The zero-order valence-electron chi connectivity index (χ0n) is 20.5. The average Bonchev–Trinajstić information content (AvgIpc) is 3.57. The van der Waals surface area contributed by atoms with Crippen LogP contribution in [-0.4, -0.2) is 47.1 Å². The number of anilines is 1. The summed E-state index contributed by atoms with van der Waals surface area (Å²) in [5.74, 6) is 0.623. The van der Waals surface area contributed by atoms with Gasteiger partial charge in [-0.05, 0) is 60.3 Å². The molecule has 2 saturated heterocycles. The minimum absolute atomic E-state index is 0.00605. The van der Waals surface area contributed by atoms with Crippen LogP contribution in [0.2, 0.25) is 0 Å². The number of nitrogens with zero attached hydrogens (tertiary/aromatic N) is 4. The molecule has 2 aliphatic heterocycles. The number of hydrogen-bond acceptors (Lipinski definition) is 5. The highest BCUT2D eigenvalue weighted by molar-refractivity contribution is 6.01. The minimum atomic E-state index is -0.645. The first-order valence-corrected chi connectivity index (χ1v) is 13.0. The molecule has 0 radical (unpaired) electrons. The Hall–Kier alpha value is -3.92. The van der Waals surface area contributed by atoms with Gasteiger partial charge in [0.25, 0.3) is 0 Å². The molecule has 4 aliphatic rings. The number of fused-ring (bicyclic) bond motifs is 4. The van der Waals surface area contributed by atoms with Crippen LogP contribution in [-0.2, 0) is 11.2 Å². The van der Waals surface area contributed by atoms with Crippen molar-refractivity contribution >= 4 is 22.5 Å². The molecule has 1 spiro atoms. The van der Waals surface area contributed by atoms with Crippen LogP contribution in [0.3, 0.4) is 0 Å². The van der Waals surface area contributed by atoms with Gasteiger partial charge in [0.2, 0.25) is 5.91 Å². The molecule has 6 nitrogen and oxygen atoms in total. The highest BCUT2D eigenvalue weighted by Crippen LogP contribution is 2.57. The molecule has 2 aromatic carbocycles. The van der Waals surface area contributed by atoms with Gasteiger partial charge in [-0.25, -0.2) is 9.37 Å². The molecule has 3 heterocycles. The molecule has 3 aromatic rings. The topological polar surface area (TPSA) is 80.5 Å². The summed E-state index contributed by atoms with van der Waals surface area (Å²) in [5.41, 5.74) is 4.10. The van der Waals surface area contributed by atoms with E-state index in [9.17, 15) is 19.6 Å². The van der Waals surface area contributed by atoms with E-state index in [2.05, 4.69) is 17.5 Å². The molecule has 186 valence electrons. The summed E-state index contributed by atoms with van der Waals surface area (Å²) < 4.78 is 14.9. The van der Waals surface area contributed by atoms with E-state index in [1.165, 1.54) is 12.1 Å². The van der Waals surface area contributed by atoms with Gasteiger partial charge in [0.15, 0.2) is 11.6 Å². The maximum absolute atomic E-state index is 14.9. The molecule has 1 N–H and O–H groups in total. The maximum Gasteiger partial charge on any atom is 0.245 e. The Kier molecular flexibility index (Phi) is 4.69. The molecule has 0 bridgehead atoms. The van der Waals surface area contributed by atoms with E-state index in [-0.39, 0.29) is 11.3 Å². The first kappa shape index (κ1) is 22.3. The number of halogens is 1. The lowest BCUT2D eigenvalue weighted by Crippen LogP contribution is -2.59. The van der Waals surface area contributed by atoms with Crippen molar-refractivity contribution in [3.8, 4) is 22.9 Å². The Balaban J connectivity index is 1.39. The third-order valence-electron chi connectivity index (χ3n) is 8.97. The molecular formula is C30H27FN4O2. The third kappa shape index (κ3) is 3.21. The molecule has 2 atom stereocenters. The molecule has 37 heavy (non-hydrogen) atoms. The van der Waals surface area contributed by atoms with Gasteiger partial charge in [-0.3, -0.25) is 4.79 Å². The molecule has 1 amide bonds. The maximum atomic E-state index is 14.9. The number of benzene rings is 2. The van der Waals surface area contributed by atoms with E-state index in [1.807, 2.05) is 17.0 Å². The fourth-order valence-corrected chi connectivity index (χ4v) is 7.01. The number of phenols is 1. The van der Waals surface area contributed by atoms with E-state index in [1.54, 1.807) is 12.1 Å². The van der Waals surface area contributed by atoms with Crippen LogP contribution in [0.1, 0.15) is 42.0 Å². The first-order valence-electron chi connectivity index (χ1n) is 13.0. The normalized spacial score (nSPS) is 22.8. The van der Waals surface area contributed by atoms with E-state index >= 15 is 0 Å². The lowest BCUT2D eigenvalue weighted by Gasteiger charge is -2.47. The van der Waals surface area contributed by atoms with Gasteiger partial charge >= 0.3 is 0 Å². The molecule has 1 aromatic heterocycles.